The Morgan fingerprint density at radius 2 is 2.05 bits per heavy atom. The molecule has 0 aliphatic heterocycles. The second-order valence-corrected chi connectivity index (χ2v) is 4.67. The summed E-state index contributed by atoms with van der Waals surface area (Å²) in [6, 6.07) is 11.9. The predicted molar refractivity (Wildman–Crippen MR) is 83.3 cm³/mol. The Bertz CT molecular complexity index is 581. The lowest BCUT2D eigenvalue weighted by atomic mass is 10.1. The summed E-state index contributed by atoms with van der Waals surface area (Å²) in [6.45, 7) is 2.80. The first-order chi connectivity index (χ1) is 9.22. The van der Waals surface area contributed by atoms with Crippen molar-refractivity contribution in [2.24, 2.45) is 5.73 Å². The molecular weight excluding hydrogens is 254 g/mol. The average Bonchev–Trinajstić information content (AvgIpc) is 2.45. The van der Waals surface area contributed by atoms with E-state index in [0.29, 0.717) is 11.5 Å². The molecule has 0 radical (unpaired) electrons. The van der Waals surface area contributed by atoms with Crippen LogP contribution >= 0.6 is 12.2 Å². The summed E-state index contributed by atoms with van der Waals surface area (Å²) in [5.41, 5.74) is 9.84. The fourth-order valence-electron chi connectivity index (χ4n) is 1.98. The van der Waals surface area contributed by atoms with Gasteiger partial charge in [0.15, 0.2) is 0 Å². The van der Waals surface area contributed by atoms with Crippen LogP contribution in [0.5, 0.6) is 0 Å². The Morgan fingerprint density at radius 1 is 1.26 bits per heavy atom. The van der Waals surface area contributed by atoms with Crippen LogP contribution in [0.2, 0.25) is 0 Å². The third-order valence-corrected chi connectivity index (χ3v) is 3.22. The number of benzene rings is 1. The predicted octanol–water partition coefficient (Wildman–Crippen LogP) is 2.89. The molecule has 3 nitrogen and oxygen atoms in total. The summed E-state index contributed by atoms with van der Waals surface area (Å²) in [5.74, 6) is 0. The van der Waals surface area contributed by atoms with Crippen LogP contribution in [0.1, 0.15) is 23.7 Å². The van der Waals surface area contributed by atoms with Crippen LogP contribution < -0.4 is 11.1 Å². The largest absolute Gasteiger partial charge is 0.389 e. The van der Waals surface area contributed by atoms with Crippen molar-refractivity contribution >= 4 is 22.9 Å². The number of nitrogens with two attached hydrogens (primary N) is 1. The van der Waals surface area contributed by atoms with Gasteiger partial charge in [0.1, 0.15) is 4.99 Å². The third-order valence-electron chi connectivity index (χ3n) is 3.00. The van der Waals surface area contributed by atoms with Crippen LogP contribution in [0.25, 0.3) is 0 Å². The van der Waals surface area contributed by atoms with Crippen LogP contribution in [0.4, 0.5) is 5.69 Å². The Morgan fingerprint density at radius 3 is 2.79 bits per heavy atom. The summed E-state index contributed by atoms with van der Waals surface area (Å²) < 4.78 is 0. The Kier molecular flexibility index (Phi) is 4.47. The fraction of sp³-hybridized carbons (Fsp3) is 0.200. The first-order valence-corrected chi connectivity index (χ1v) is 6.68. The van der Waals surface area contributed by atoms with Gasteiger partial charge >= 0.3 is 0 Å². The number of para-hydroxylation sites is 1. The first kappa shape index (κ1) is 13.5. The first-order valence-electron chi connectivity index (χ1n) is 6.28. The normalized spacial score (nSPS) is 10.2. The molecule has 2 aromatic rings. The van der Waals surface area contributed by atoms with Gasteiger partial charge in [-0.3, -0.25) is 4.98 Å². The van der Waals surface area contributed by atoms with E-state index in [0.717, 1.165) is 23.4 Å². The molecule has 0 spiro atoms. The van der Waals surface area contributed by atoms with Gasteiger partial charge in [0.2, 0.25) is 0 Å². The molecule has 0 aliphatic carbocycles. The van der Waals surface area contributed by atoms with Gasteiger partial charge in [-0.2, -0.15) is 0 Å². The SMILES string of the molecule is CCc1cccnc1CNc1ccccc1C(N)=S. The van der Waals surface area contributed by atoms with Crippen molar-refractivity contribution in [2.75, 3.05) is 5.32 Å². The molecule has 1 aromatic heterocycles. The van der Waals surface area contributed by atoms with Gasteiger partial charge in [-0.05, 0) is 30.2 Å². The quantitative estimate of drug-likeness (QED) is 0.821. The number of nitrogens with zero attached hydrogens (tertiary/aromatic N) is 1. The van der Waals surface area contributed by atoms with Crippen molar-refractivity contribution in [3.05, 3.63) is 59.4 Å². The molecule has 0 bridgehead atoms. The molecular formula is C15H17N3S. The van der Waals surface area contributed by atoms with E-state index in [4.69, 9.17) is 18.0 Å². The average molecular weight is 271 g/mol. The minimum atomic E-state index is 0.403. The van der Waals surface area contributed by atoms with E-state index in [2.05, 4.69) is 23.3 Å². The maximum absolute atomic E-state index is 5.72. The molecule has 0 aliphatic rings. The molecule has 4 heteroatoms. The number of anilines is 1. The number of nitrogens with one attached hydrogen (secondary N) is 1. The van der Waals surface area contributed by atoms with Crippen molar-refractivity contribution in [3.8, 4) is 0 Å². The van der Waals surface area contributed by atoms with Gasteiger partial charge in [0.25, 0.3) is 0 Å². The third kappa shape index (κ3) is 3.29. The highest BCUT2D eigenvalue weighted by molar-refractivity contribution is 7.80. The van der Waals surface area contributed by atoms with Crippen molar-refractivity contribution in [2.45, 2.75) is 19.9 Å². The number of hydrogen-bond acceptors (Lipinski definition) is 3. The number of aryl methyl sites for hydroxylation is 1. The molecule has 1 aromatic carbocycles. The highest BCUT2D eigenvalue weighted by Crippen LogP contribution is 2.16. The summed E-state index contributed by atoms with van der Waals surface area (Å²) >= 11 is 5.05. The van der Waals surface area contributed by atoms with Crippen LogP contribution in [0.15, 0.2) is 42.6 Å². The van der Waals surface area contributed by atoms with Crippen molar-refractivity contribution in [3.63, 3.8) is 0 Å². The van der Waals surface area contributed by atoms with E-state index in [1.165, 1.54) is 5.56 Å². The van der Waals surface area contributed by atoms with Gasteiger partial charge in [0, 0.05) is 17.4 Å². The summed E-state index contributed by atoms with van der Waals surface area (Å²) in [6.07, 6.45) is 2.79. The zero-order valence-electron chi connectivity index (χ0n) is 10.9. The van der Waals surface area contributed by atoms with Gasteiger partial charge in [-0.15, -0.1) is 0 Å². The van der Waals surface area contributed by atoms with E-state index in [1.807, 2.05) is 36.5 Å². The van der Waals surface area contributed by atoms with Crippen molar-refractivity contribution in [1.29, 1.82) is 0 Å². The highest BCUT2D eigenvalue weighted by Gasteiger charge is 2.05. The second-order valence-electron chi connectivity index (χ2n) is 4.23. The van der Waals surface area contributed by atoms with E-state index >= 15 is 0 Å². The van der Waals surface area contributed by atoms with Crippen LogP contribution in [-0.2, 0) is 13.0 Å². The molecule has 19 heavy (non-hydrogen) atoms. The van der Waals surface area contributed by atoms with Crippen molar-refractivity contribution in [1.82, 2.24) is 4.98 Å². The van der Waals surface area contributed by atoms with Crippen LogP contribution in [-0.4, -0.2) is 9.97 Å². The topological polar surface area (TPSA) is 50.9 Å². The maximum atomic E-state index is 5.72. The molecule has 0 atom stereocenters. The molecule has 0 saturated carbocycles. The summed E-state index contributed by atoms with van der Waals surface area (Å²) in [4.78, 5) is 4.82. The zero-order valence-corrected chi connectivity index (χ0v) is 11.7. The summed E-state index contributed by atoms with van der Waals surface area (Å²) in [7, 11) is 0. The number of hydrogen-bond donors (Lipinski definition) is 2. The Hall–Kier alpha value is -1.94. The fourth-order valence-corrected chi connectivity index (χ4v) is 2.16. The number of aromatic nitrogens is 1. The molecule has 0 unspecified atom stereocenters. The Balaban J connectivity index is 2.17. The van der Waals surface area contributed by atoms with Gasteiger partial charge in [-0.1, -0.05) is 37.3 Å². The number of thiocarbonyl (C=S) groups is 1. The second kappa shape index (κ2) is 6.29. The molecule has 0 amide bonds. The minimum absolute atomic E-state index is 0.403. The lowest BCUT2D eigenvalue weighted by molar-refractivity contribution is 0.971. The molecule has 1 heterocycles. The van der Waals surface area contributed by atoms with E-state index < -0.39 is 0 Å². The zero-order chi connectivity index (χ0) is 13.7. The molecule has 98 valence electrons. The molecule has 0 fully saturated rings. The highest BCUT2D eigenvalue weighted by atomic mass is 32.1. The summed E-state index contributed by atoms with van der Waals surface area (Å²) in [5, 5.41) is 3.36. The monoisotopic (exact) mass is 271 g/mol. The van der Waals surface area contributed by atoms with Gasteiger partial charge < -0.3 is 11.1 Å². The standard InChI is InChI=1S/C15H17N3S/c1-2-11-6-5-9-17-14(11)10-18-13-8-4-3-7-12(13)15(16)19/h3-9,18H,2,10H2,1H3,(H2,16,19). The van der Waals surface area contributed by atoms with Crippen molar-refractivity contribution < 1.29 is 0 Å². The van der Waals surface area contributed by atoms with Gasteiger partial charge in [0.05, 0.1) is 12.2 Å². The lowest BCUT2D eigenvalue weighted by Gasteiger charge is -2.12. The molecule has 2 rings (SSSR count). The molecule has 3 N–H and O–H groups in total. The number of rotatable bonds is 5. The van der Waals surface area contributed by atoms with Gasteiger partial charge in [-0.25, -0.2) is 0 Å². The lowest BCUT2D eigenvalue weighted by Crippen LogP contribution is -2.13. The van der Waals surface area contributed by atoms with E-state index in [9.17, 15) is 0 Å². The van der Waals surface area contributed by atoms with E-state index in [1.54, 1.807) is 0 Å². The number of pyridine rings is 1. The molecule has 0 saturated heterocycles. The minimum Gasteiger partial charge on any atom is -0.389 e. The van der Waals surface area contributed by atoms with E-state index in [-0.39, 0.29) is 0 Å². The Labute approximate surface area is 118 Å². The smallest absolute Gasteiger partial charge is 0.106 e. The van der Waals surface area contributed by atoms with Crippen LogP contribution in [0.3, 0.4) is 0 Å². The maximum Gasteiger partial charge on any atom is 0.106 e. The van der Waals surface area contributed by atoms with Crippen LogP contribution in [0, 0.1) is 0 Å².